The van der Waals surface area contributed by atoms with E-state index in [9.17, 15) is 0 Å². The molecule has 1 N–H and O–H groups in total. The zero-order valence-electron chi connectivity index (χ0n) is 11.9. The monoisotopic (exact) mass is 273 g/mol. The number of para-hydroxylation sites is 1. The molecule has 1 fully saturated rings. The molecule has 0 radical (unpaired) electrons. The Morgan fingerprint density at radius 3 is 3.05 bits per heavy atom. The van der Waals surface area contributed by atoms with Gasteiger partial charge >= 0.3 is 0 Å². The minimum absolute atomic E-state index is 0.284. The van der Waals surface area contributed by atoms with Crippen molar-refractivity contribution in [2.24, 2.45) is 0 Å². The molecule has 1 heterocycles. The van der Waals surface area contributed by atoms with Crippen LogP contribution >= 0.6 is 0 Å². The summed E-state index contributed by atoms with van der Waals surface area (Å²) in [5.74, 6) is 3.40. The Hall–Kier alpha value is -1.50. The van der Waals surface area contributed by atoms with E-state index in [4.69, 9.17) is 16.3 Å². The SMILES string of the molecule is C#CCOc1ccccc1CN1CCCC1CCCO. The standard InChI is InChI=1S/C17H23NO2/c1-2-13-20-17-10-4-3-7-15(17)14-18-11-5-8-16(18)9-6-12-19/h1,3-4,7,10,16,19H,5-6,8-9,11-14H2. The van der Waals surface area contributed by atoms with Gasteiger partial charge in [0.2, 0.25) is 0 Å². The quantitative estimate of drug-likeness (QED) is 0.775. The lowest BCUT2D eigenvalue weighted by atomic mass is 10.1. The fraction of sp³-hybridized carbons (Fsp3) is 0.529. The molecule has 1 aliphatic heterocycles. The first kappa shape index (κ1) is 14.9. The zero-order chi connectivity index (χ0) is 14.2. The van der Waals surface area contributed by atoms with Gasteiger partial charge in [-0.15, -0.1) is 6.42 Å². The summed E-state index contributed by atoms with van der Waals surface area (Å²) in [6.07, 6.45) is 9.69. The normalized spacial score (nSPS) is 18.9. The lowest BCUT2D eigenvalue weighted by Gasteiger charge is -2.25. The number of terminal acetylenes is 1. The summed E-state index contributed by atoms with van der Waals surface area (Å²) in [5.41, 5.74) is 1.19. The first-order valence-electron chi connectivity index (χ1n) is 7.34. The van der Waals surface area contributed by atoms with Crippen LogP contribution in [0.4, 0.5) is 0 Å². The molecule has 1 aromatic rings. The molecule has 2 rings (SSSR count). The van der Waals surface area contributed by atoms with Crippen LogP contribution in [0.15, 0.2) is 24.3 Å². The molecule has 1 unspecified atom stereocenters. The van der Waals surface area contributed by atoms with Crippen molar-refractivity contribution in [3.63, 3.8) is 0 Å². The molecule has 3 heteroatoms. The molecular weight excluding hydrogens is 250 g/mol. The van der Waals surface area contributed by atoms with E-state index in [0.29, 0.717) is 12.6 Å². The van der Waals surface area contributed by atoms with Gasteiger partial charge in [0.15, 0.2) is 0 Å². The Bertz CT molecular complexity index is 453. The summed E-state index contributed by atoms with van der Waals surface area (Å²) < 4.78 is 5.61. The van der Waals surface area contributed by atoms with Crippen LogP contribution in [0.5, 0.6) is 5.75 Å². The van der Waals surface area contributed by atoms with Gasteiger partial charge in [0.05, 0.1) is 0 Å². The highest BCUT2D eigenvalue weighted by Crippen LogP contribution is 2.27. The molecule has 1 aromatic carbocycles. The van der Waals surface area contributed by atoms with Crippen molar-refractivity contribution < 1.29 is 9.84 Å². The number of hydrogen-bond donors (Lipinski definition) is 1. The molecular formula is C17H23NO2. The number of likely N-dealkylation sites (tertiary alicyclic amines) is 1. The van der Waals surface area contributed by atoms with Crippen LogP contribution in [-0.4, -0.2) is 35.8 Å². The van der Waals surface area contributed by atoms with Crippen LogP contribution in [0.25, 0.3) is 0 Å². The fourth-order valence-corrected chi connectivity index (χ4v) is 2.87. The summed E-state index contributed by atoms with van der Waals surface area (Å²) in [5, 5.41) is 8.99. The van der Waals surface area contributed by atoms with E-state index in [-0.39, 0.29) is 6.61 Å². The summed E-state index contributed by atoms with van der Waals surface area (Å²) in [4.78, 5) is 2.49. The number of aliphatic hydroxyl groups is 1. The van der Waals surface area contributed by atoms with E-state index in [2.05, 4.69) is 16.9 Å². The van der Waals surface area contributed by atoms with Crippen molar-refractivity contribution in [1.82, 2.24) is 4.90 Å². The van der Waals surface area contributed by atoms with Gasteiger partial charge in [0, 0.05) is 24.8 Å². The van der Waals surface area contributed by atoms with Gasteiger partial charge in [-0.1, -0.05) is 24.1 Å². The average Bonchev–Trinajstić information content (AvgIpc) is 2.91. The Labute approximate surface area is 121 Å². The van der Waals surface area contributed by atoms with Crippen LogP contribution in [0.1, 0.15) is 31.2 Å². The van der Waals surface area contributed by atoms with Crippen LogP contribution in [0.2, 0.25) is 0 Å². The summed E-state index contributed by atoms with van der Waals surface area (Å²) in [6, 6.07) is 8.68. The third-order valence-electron chi connectivity index (χ3n) is 3.85. The average molecular weight is 273 g/mol. The Morgan fingerprint density at radius 2 is 2.25 bits per heavy atom. The van der Waals surface area contributed by atoms with E-state index in [1.165, 1.54) is 18.4 Å². The van der Waals surface area contributed by atoms with Crippen LogP contribution in [0.3, 0.4) is 0 Å². The molecule has 108 valence electrons. The summed E-state index contributed by atoms with van der Waals surface area (Å²) >= 11 is 0. The number of hydrogen-bond acceptors (Lipinski definition) is 3. The Balaban J connectivity index is 2.00. The number of ether oxygens (including phenoxy) is 1. The van der Waals surface area contributed by atoms with Gasteiger partial charge < -0.3 is 9.84 Å². The second-order valence-corrected chi connectivity index (χ2v) is 5.23. The van der Waals surface area contributed by atoms with Crippen molar-refractivity contribution in [1.29, 1.82) is 0 Å². The molecule has 0 aromatic heterocycles. The highest BCUT2D eigenvalue weighted by atomic mass is 16.5. The first-order chi connectivity index (χ1) is 9.85. The molecule has 20 heavy (non-hydrogen) atoms. The fourth-order valence-electron chi connectivity index (χ4n) is 2.87. The van der Waals surface area contributed by atoms with Gasteiger partial charge in [0.25, 0.3) is 0 Å². The van der Waals surface area contributed by atoms with Crippen molar-refractivity contribution in [2.45, 2.75) is 38.3 Å². The summed E-state index contributed by atoms with van der Waals surface area (Å²) in [6.45, 7) is 2.62. The molecule has 0 aliphatic carbocycles. The number of nitrogens with zero attached hydrogens (tertiary/aromatic N) is 1. The van der Waals surface area contributed by atoms with Gasteiger partial charge in [-0.25, -0.2) is 0 Å². The van der Waals surface area contributed by atoms with Crippen molar-refractivity contribution in [3.05, 3.63) is 29.8 Å². The van der Waals surface area contributed by atoms with Crippen molar-refractivity contribution >= 4 is 0 Å². The predicted molar refractivity (Wildman–Crippen MR) is 80.5 cm³/mol. The van der Waals surface area contributed by atoms with Crippen molar-refractivity contribution in [3.8, 4) is 18.1 Å². The smallest absolute Gasteiger partial charge is 0.148 e. The van der Waals surface area contributed by atoms with E-state index >= 15 is 0 Å². The van der Waals surface area contributed by atoms with Gasteiger partial charge in [-0.05, 0) is 38.3 Å². The maximum Gasteiger partial charge on any atom is 0.148 e. The lowest BCUT2D eigenvalue weighted by Crippen LogP contribution is -2.29. The number of aliphatic hydroxyl groups excluding tert-OH is 1. The second kappa shape index (κ2) is 7.94. The van der Waals surface area contributed by atoms with Crippen LogP contribution < -0.4 is 4.74 Å². The van der Waals surface area contributed by atoms with Gasteiger partial charge in [-0.2, -0.15) is 0 Å². The van der Waals surface area contributed by atoms with E-state index in [1.54, 1.807) is 0 Å². The van der Waals surface area contributed by atoms with Crippen LogP contribution in [-0.2, 0) is 6.54 Å². The molecule has 1 atom stereocenters. The molecule has 0 saturated carbocycles. The molecule has 1 aliphatic rings. The second-order valence-electron chi connectivity index (χ2n) is 5.23. The van der Waals surface area contributed by atoms with E-state index < -0.39 is 0 Å². The lowest BCUT2D eigenvalue weighted by molar-refractivity contribution is 0.207. The highest BCUT2D eigenvalue weighted by molar-refractivity contribution is 5.33. The van der Waals surface area contributed by atoms with Gasteiger partial charge in [0.1, 0.15) is 12.4 Å². The van der Waals surface area contributed by atoms with Gasteiger partial charge in [-0.3, -0.25) is 4.90 Å². The molecule has 3 nitrogen and oxygen atoms in total. The zero-order valence-corrected chi connectivity index (χ0v) is 11.9. The minimum Gasteiger partial charge on any atom is -0.481 e. The minimum atomic E-state index is 0.284. The molecule has 1 saturated heterocycles. The maximum atomic E-state index is 8.99. The highest BCUT2D eigenvalue weighted by Gasteiger charge is 2.24. The maximum absolute atomic E-state index is 8.99. The molecule has 0 spiro atoms. The summed E-state index contributed by atoms with van der Waals surface area (Å²) in [7, 11) is 0. The van der Waals surface area contributed by atoms with E-state index in [0.717, 1.165) is 31.7 Å². The number of rotatable bonds is 7. The van der Waals surface area contributed by atoms with Crippen molar-refractivity contribution in [2.75, 3.05) is 19.8 Å². The van der Waals surface area contributed by atoms with E-state index in [1.807, 2.05) is 18.2 Å². The third-order valence-corrected chi connectivity index (χ3v) is 3.85. The first-order valence-corrected chi connectivity index (χ1v) is 7.34. The molecule has 0 bridgehead atoms. The van der Waals surface area contributed by atoms with Crippen LogP contribution in [0, 0.1) is 12.3 Å². The number of benzene rings is 1. The largest absolute Gasteiger partial charge is 0.481 e. The molecule has 0 amide bonds. The topological polar surface area (TPSA) is 32.7 Å². The third kappa shape index (κ3) is 4.00. The predicted octanol–water partition coefficient (Wildman–Crippen LogP) is 2.44. The Kier molecular flexibility index (Phi) is 5.91. The Morgan fingerprint density at radius 1 is 1.40 bits per heavy atom.